The van der Waals surface area contributed by atoms with Crippen molar-refractivity contribution in [2.24, 2.45) is 11.7 Å². The number of rotatable bonds is 4. The Bertz CT molecular complexity index is 436. The summed E-state index contributed by atoms with van der Waals surface area (Å²) in [5, 5.41) is 3.06. The van der Waals surface area contributed by atoms with E-state index in [-0.39, 0.29) is 42.7 Å². The number of aromatic nitrogens is 1. The molecule has 1 aliphatic rings. The minimum atomic E-state index is -0.413. The van der Waals surface area contributed by atoms with Crippen molar-refractivity contribution in [3.8, 4) is 0 Å². The summed E-state index contributed by atoms with van der Waals surface area (Å²) >= 11 is 0. The van der Waals surface area contributed by atoms with Crippen molar-refractivity contribution >= 4 is 36.5 Å². The van der Waals surface area contributed by atoms with Crippen LogP contribution < -0.4 is 16.0 Å². The highest BCUT2D eigenvalue weighted by molar-refractivity contribution is 5.85. The molecule has 126 valence electrons. The number of carbonyl (C=O) groups excluding carboxylic acids is 1. The molecule has 3 N–H and O–H groups in total. The third-order valence-electron chi connectivity index (χ3n) is 3.84. The molecule has 22 heavy (non-hydrogen) atoms. The minimum absolute atomic E-state index is 0. The van der Waals surface area contributed by atoms with Crippen LogP contribution in [0.1, 0.15) is 26.7 Å². The van der Waals surface area contributed by atoms with Crippen LogP contribution in [0.25, 0.3) is 0 Å². The molecular formula is C15H26Cl2N4O. The van der Waals surface area contributed by atoms with Crippen LogP contribution in [0.3, 0.4) is 0 Å². The van der Waals surface area contributed by atoms with E-state index in [2.05, 4.69) is 15.2 Å². The monoisotopic (exact) mass is 348 g/mol. The number of piperidine rings is 1. The van der Waals surface area contributed by atoms with E-state index >= 15 is 0 Å². The van der Waals surface area contributed by atoms with Crippen LogP contribution >= 0.6 is 24.8 Å². The van der Waals surface area contributed by atoms with Gasteiger partial charge in [0.25, 0.3) is 0 Å². The number of nitrogens with two attached hydrogens (primary N) is 1. The van der Waals surface area contributed by atoms with Gasteiger partial charge in [-0.25, -0.2) is 4.98 Å². The highest BCUT2D eigenvalue weighted by Crippen LogP contribution is 2.17. The third kappa shape index (κ3) is 5.63. The number of hydrogen-bond donors (Lipinski definition) is 2. The van der Waals surface area contributed by atoms with Crippen molar-refractivity contribution in [2.75, 3.05) is 18.0 Å². The van der Waals surface area contributed by atoms with Gasteiger partial charge < -0.3 is 16.0 Å². The van der Waals surface area contributed by atoms with Crippen LogP contribution in [-0.4, -0.2) is 36.1 Å². The highest BCUT2D eigenvalue weighted by atomic mass is 35.5. The van der Waals surface area contributed by atoms with E-state index in [0.717, 1.165) is 31.7 Å². The summed E-state index contributed by atoms with van der Waals surface area (Å²) in [5.41, 5.74) is 5.86. The van der Waals surface area contributed by atoms with Gasteiger partial charge in [-0.1, -0.05) is 19.9 Å². The summed E-state index contributed by atoms with van der Waals surface area (Å²) in [6, 6.07) is 5.76. The molecule has 0 aromatic carbocycles. The second kappa shape index (κ2) is 9.87. The van der Waals surface area contributed by atoms with Gasteiger partial charge in [0, 0.05) is 25.3 Å². The first kappa shape index (κ1) is 21.0. The molecule has 1 aromatic rings. The molecule has 0 radical (unpaired) electrons. The fourth-order valence-electron chi connectivity index (χ4n) is 2.39. The number of hydrogen-bond acceptors (Lipinski definition) is 4. The molecule has 0 unspecified atom stereocenters. The van der Waals surface area contributed by atoms with Crippen molar-refractivity contribution in [1.82, 2.24) is 10.3 Å². The second-order valence-corrected chi connectivity index (χ2v) is 5.73. The Hall–Kier alpha value is -1.04. The molecule has 0 aliphatic carbocycles. The lowest BCUT2D eigenvalue weighted by molar-refractivity contribution is -0.124. The molecule has 0 saturated carbocycles. The molecule has 0 bridgehead atoms. The summed E-state index contributed by atoms with van der Waals surface area (Å²) in [6.07, 6.45) is 3.69. The molecule has 7 heteroatoms. The van der Waals surface area contributed by atoms with Gasteiger partial charge in [0.15, 0.2) is 0 Å². The number of carbonyl (C=O) groups is 1. The van der Waals surface area contributed by atoms with Gasteiger partial charge in [0.05, 0.1) is 6.04 Å². The molecule has 0 spiro atoms. The van der Waals surface area contributed by atoms with Gasteiger partial charge in [-0.15, -0.1) is 24.8 Å². The number of nitrogens with one attached hydrogen (secondary N) is 1. The molecule has 5 nitrogen and oxygen atoms in total. The van der Waals surface area contributed by atoms with Crippen molar-refractivity contribution in [3.63, 3.8) is 0 Å². The maximum absolute atomic E-state index is 11.9. The Morgan fingerprint density at radius 1 is 1.32 bits per heavy atom. The Morgan fingerprint density at radius 3 is 2.45 bits per heavy atom. The van der Waals surface area contributed by atoms with E-state index in [4.69, 9.17) is 5.73 Å². The number of amides is 1. The van der Waals surface area contributed by atoms with Crippen molar-refractivity contribution in [1.29, 1.82) is 0 Å². The summed E-state index contributed by atoms with van der Waals surface area (Å²) in [4.78, 5) is 18.6. The molecular weight excluding hydrogens is 323 g/mol. The zero-order valence-electron chi connectivity index (χ0n) is 13.1. The minimum Gasteiger partial charge on any atom is -0.356 e. The maximum atomic E-state index is 11.9. The van der Waals surface area contributed by atoms with Crippen LogP contribution in [0.4, 0.5) is 5.82 Å². The zero-order chi connectivity index (χ0) is 14.5. The van der Waals surface area contributed by atoms with Crippen LogP contribution in [0.15, 0.2) is 24.4 Å². The van der Waals surface area contributed by atoms with E-state index in [1.807, 2.05) is 38.2 Å². The number of nitrogens with zero attached hydrogens (tertiary/aromatic N) is 2. The van der Waals surface area contributed by atoms with Crippen LogP contribution in [-0.2, 0) is 4.79 Å². The lowest BCUT2D eigenvalue weighted by atomic mass is 10.0. The lowest BCUT2D eigenvalue weighted by Gasteiger charge is -2.33. The van der Waals surface area contributed by atoms with Gasteiger partial charge in [0.1, 0.15) is 5.82 Å². The number of halogens is 2. The normalized spacial score (nSPS) is 16.5. The average Bonchev–Trinajstić information content (AvgIpc) is 2.48. The smallest absolute Gasteiger partial charge is 0.237 e. The van der Waals surface area contributed by atoms with E-state index in [1.54, 1.807) is 0 Å². The fourth-order valence-corrected chi connectivity index (χ4v) is 2.39. The van der Waals surface area contributed by atoms with E-state index < -0.39 is 6.04 Å². The third-order valence-corrected chi connectivity index (χ3v) is 3.84. The summed E-state index contributed by atoms with van der Waals surface area (Å²) in [5.74, 6) is 1.15. The Balaban J connectivity index is 0.00000220. The summed E-state index contributed by atoms with van der Waals surface area (Å²) < 4.78 is 0. The van der Waals surface area contributed by atoms with Gasteiger partial charge in [-0.2, -0.15) is 0 Å². The fraction of sp³-hybridized carbons (Fsp3) is 0.600. The second-order valence-electron chi connectivity index (χ2n) is 5.73. The SMILES string of the molecule is CC(C)[C@@H](N)C(=O)NC1CCN(c2ccccn2)CC1.Cl.Cl. The molecule has 1 aromatic heterocycles. The zero-order valence-corrected chi connectivity index (χ0v) is 14.7. The van der Waals surface area contributed by atoms with Crippen LogP contribution in [0.2, 0.25) is 0 Å². The van der Waals surface area contributed by atoms with E-state index in [9.17, 15) is 4.79 Å². The quantitative estimate of drug-likeness (QED) is 0.872. The summed E-state index contributed by atoms with van der Waals surface area (Å²) in [6.45, 7) is 5.76. The van der Waals surface area contributed by atoms with Crippen molar-refractivity contribution in [2.45, 2.75) is 38.8 Å². The van der Waals surface area contributed by atoms with Crippen LogP contribution in [0.5, 0.6) is 0 Å². The molecule has 1 atom stereocenters. The first-order valence-electron chi connectivity index (χ1n) is 7.30. The maximum Gasteiger partial charge on any atom is 0.237 e. The first-order chi connectivity index (χ1) is 9.58. The largest absolute Gasteiger partial charge is 0.356 e. The van der Waals surface area contributed by atoms with Gasteiger partial charge in [-0.05, 0) is 30.9 Å². The predicted octanol–water partition coefficient (Wildman–Crippen LogP) is 1.99. The molecule has 1 fully saturated rings. The molecule has 1 amide bonds. The van der Waals surface area contributed by atoms with Crippen molar-refractivity contribution in [3.05, 3.63) is 24.4 Å². The highest BCUT2D eigenvalue weighted by Gasteiger charge is 2.24. The molecule has 1 saturated heterocycles. The predicted molar refractivity (Wildman–Crippen MR) is 94.9 cm³/mol. The van der Waals surface area contributed by atoms with E-state index in [1.165, 1.54) is 0 Å². The first-order valence-corrected chi connectivity index (χ1v) is 7.30. The molecule has 2 heterocycles. The topological polar surface area (TPSA) is 71.2 Å². The van der Waals surface area contributed by atoms with Gasteiger partial charge in [-0.3, -0.25) is 4.79 Å². The summed E-state index contributed by atoms with van der Waals surface area (Å²) in [7, 11) is 0. The van der Waals surface area contributed by atoms with Gasteiger partial charge in [0.2, 0.25) is 5.91 Å². The Morgan fingerprint density at radius 2 is 1.95 bits per heavy atom. The number of anilines is 1. The standard InChI is InChI=1S/C15H24N4O.2ClH/c1-11(2)14(16)15(20)18-12-6-9-19(10-7-12)13-5-3-4-8-17-13;;/h3-5,8,11-12,14H,6-7,9-10,16H2,1-2H3,(H,18,20);2*1H/t14-;;/m1../s1. The van der Waals surface area contributed by atoms with Crippen molar-refractivity contribution < 1.29 is 4.79 Å². The lowest BCUT2D eigenvalue weighted by Crippen LogP contribution is -2.51. The number of pyridine rings is 1. The Kier molecular flexibility index (Phi) is 9.41. The average molecular weight is 349 g/mol. The molecule has 2 rings (SSSR count). The van der Waals surface area contributed by atoms with Crippen LogP contribution in [0, 0.1) is 5.92 Å². The van der Waals surface area contributed by atoms with Gasteiger partial charge >= 0.3 is 0 Å². The van der Waals surface area contributed by atoms with E-state index in [0.29, 0.717) is 0 Å². The Labute approximate surface area is 144 Å². The molecule has 1 aliphatic heterocycles.